The van der Waals surface area contributed by atoms with Gasteiger partial charge in [-0.25, -0.2) is 4.79 Å². The number of benzene rings is 2. The van der Waals surface area contributed by atoms with E-state index in [1.165, 1.54) is 12.1 Å². The average Bonchev–Trinajstić information content (AvgIpc) is 2.53. The van der Waals surface area contributed by atoms with Crippen molar-refractivity contribution in [2.45, 2.75) is 33.0 Å². The number of hydrogen-bond donors (Lipinski definition) is 1. The molecule has 0 aromatic heterocycles. The predicted molar refractivity (Wildman–Crippen MR) is 106 cm³/mol. The quantitative estimate of drug-likeness (QED) is 0.372. The molecular formula is C18H19IN2O5. The first-order valence-corrected chi connectivity index (χ1v) is 8.88. The van der Waals surface area contributed by atoms with Crippen LogP contribution in [0.2, 0.25) is 0 Å². The Labute approximate surface area is 165 Å². The summed E-state index contributed by atoms with van der Waals surface area (Å²) in [5, 5.41) is 13.7. The number of nitrogens with zero attached hydrogens (tertiary/aromatic N) is 1. The normalized spacial score (nSPS) is 10.9. The van der Waals surface area contributed by atoms with Gasteiger partial charge in [-0.1, -0.05) is 30.3 Å². The van der Waals surface area contributed by atoms with Crippen LogP contribution in [0.1, 0.15) is 26.3 Å². The molecule has 0 aliphatic carbocycles. The first kappa shape index (κ1) is 20.0. The molecule has 2 aromatic carbocycles. The van der Waals surface area contributed by atoms with Crippen LogP contribution < -0.4 is 10.1 Å². The Morgan fingerprint density at radius 2 is 1.88 bits per heavy atom. The third-order valence-corrected chi connectivity index (χ3v) is 3.96. The van der Waals surface area contributed by atoms with Crippen LogP contribution in [-0.2, 0) is 11.3 Å². The van der Waals surface area contributed by atoms with Crippen LogP contribution in [-0.4, -0.2) is 16.6 Å². The van der Waals surface area contributed by atoms with E-state index in [9.17, 15) is 14.9 Å². The molecule has 0 aliphatic heterocycles. The van der Waals surface area contributed by atoms with Crippen molar-refractivity contribution in [2.24, 2.45) is 0 Å². The lowest BCUT2D eigenvalue weighted by Gasteiger charge is -2.20. The molecule has 2 rings (SSSR count). The van der Waals surface area contributed by atoms with Gasteiger partial charge in [-0.3, -0.25) is 15.4 Å². The highest BCUT2D eigenvalue weighted by atomic mass is 127. The van der Waals surface area contributed by atoms with Crippen LogP contribution in [0.25, 0.3) is 0 Å². The molecule has 7 nitrogen and oxygen atoms in total. The molecule has 0 saturated heterocycles. The van der Waals surface area contributed by atoms with E-state index in [2.05, 4.69) is 5.32 Å². The zero-order chi connectivity index (χ0) is 19.3. The minimum absolute atomic E-state index is 0.0210. The van der Waals surface area contributed by atoms with Crippen molar-refractivity contribution in [3.8, 4) is 5.75 Å². The summed E-state index contributed by atoms with van der Waals surface area (Å²) in [6.07, 6.45) is -0.768. The Morgan fingerprint density at radius 1 is 1.23 bits per heavy atom. The van der Waals surface area contributed by atoms with Crippen molar-refractivity contribution in [1.82, 2.24) is 0 Å². The summed E-state index contributed by atoms with van der Waals surface area (Å²) >= 11 is 1.96. The van der Waals surface area contributed by atoms with Crippen LogP contribution >= 0.6 is 22.6 Å². The molecule has 138 valence electrons. The van der Waals surface area contributed by atoms with Gasteiger partial charge in [0.2, 0.25) is 0 Å². The smallest absolute Gasteiger partial charge is 0.412 e. The fourth-order valence-electron chi connectivity index (χ4n) is 2.05. The van der Waals surface area contributed by atoms with Gasteiger partial charge in [-0.05, 0) is 48.9 Å². The van der Waals surface area contributed by atoms with Gasteiger partial charge in [0.25, 0.3) is 5.69 Å². The average molecular weight is 470 g/mol. The SMILES string of the molecule is CC(C)(C)OC(=O)Nc1cc(OCc2ccccc2)c(I)cc1[N+](=O)[O-]. The summed E-state index contributed by atoms with van der Waals surface area (Å²) in [5.74, 6) is 0.436. The number of ether oxygens (including phenoxy) is 2. The standard InChI is InChI=1S/C18H19IN2O5/c1-18(2,3)26-17(22)20-14-10-16(13(19)9-15(14)21(23)24)25-11-12-7-5-4-6-8-12/h4-10H,11H2,1-3H3,(H,20,22). The molecule has 1 amide bonds. The van der Waals surface area contributed by atoms with E-state index >= 15 is 0 Å². The van der Waals surface area contributed by atoms with Gasteiger partial charge in [0.15, 0.2) is 0 Å². The Balaban J connectivity index is 2.24. The van der Waals surface area contributed by atoms with E-state index < -0.39 is 16.6 Å². The lowest BCUT2D eigenvalue weighted by atomic mass is 10.2. The van der Waals surface area contributed by atoms with Gasteiger partial charge in [-0.15, -0.1) is 0 Å². The Morgan fingerprint density at radius 3 is 2.46 bits per heavy atom. The van der Waals surface area contributed by atoms with E-state index in [0.29, 0.717) is 15.9 Å². The highest BCUT2D eigenvalue weighted by Crippen LogP contribution is 2.34. The highest BCUT2D eigenvalue weighted by molar-refractivity contribution is 14.1. The van der Waals surface area contributed by atoms with Crippen molar-refractivity contribution in [2.75, 3.05) is 5.32 Å². The van der Waals surface area contributed by atoms with Gasteiger partial charge in [0.05, 0.1) is 8.49 Å². The van der Waals surface area contributed by atoms with Crippen molar-refractivity contribution in [3.05, 3.63) is 61.7 Å². The number of nitro benzene ring substituents is 1. The van der Waals surface area contributed by atoms with Crippen molar-refractivity contribution in [1.29, 1.82) is 0 Å². The number of carbonyl (C=O) groups is 1. The minimum Gasteiger partial charge on any atom is -0.488 e. The number of halogens is 1. The Kier molecular flexibility index (Phi) is 6.41. The molecule has 0 saturated carbocycles. The molecule has 0 bridgehead atoms. The summed E-state index contributed by atoms with van der Waals surface area (Å²) in [4.78, 5) is 22.7. The molecule has 0 atom stereocenters. The molecule has 0 unspecified atom stereocenters. The van der Waals surface area contributed by atoms with Crippen molar-refractivity contribution in [3.63, 3.8) is 0 Å². The predicted octanol–water partition coefficient (Wildman–Crippen LogP) is 5.13. The second kappa shape index (κ2) is 8.35. The maximum absolute atomic E-state index is 12.0. The first-order valence-electron chi connectivity index (χ1n) is 7.80. The van der Waals surface area contributed by atoms with Crippen molar-refractivity contribution >= 4 is 40.1 Å². The minimum atomic E-state index is -0.768. The Hall–Kier alpha value is -2.36. The largest absolute Gasteiger partial charge is 0.488 e. The van der Waals surface area contributed by atoms with E-state index in [1.807, 2.05) is 52.9 Å². The summed E-state index contributed by atoms with van der Waals surface area (Å²) in [6.45, 7) is 5.44. The van der Waals surface area contributed by atoms with E-state index in [-0.39, 0.29) is 11.4 Å². The summed E-state index contributed by atoms with van der Waals surface area (Å²) in [5.41, 5.74) is 0.0395. The lowest BCUT2D eigenvalue weighted by Crippen LogP contribution is -2.27. The maximum atomic E-state index is 12.0. The number of anilines is 1. The zero-order valence-corrected chi connectivity index (χ0v) is 16.8. The number of rotatable bonds is 5. The van der Waals surface area contributed by atoms with Gasteiger partial charge < -0.3 is 9.47 Å². The van der Waals surface area contributed by atoms with Crippen molar-refractivity contribution < 1.29 is 19.2 Å². The molecular weight excluding hydrogens is 451 g/mol. The first-order chi connectivity index (χ1) is 12.2. The number of amides is 1. The fraction of sp³-hybridized carbons (Fsp3) is 0.278. The molecule has 8 heteroatoms. The van der Waals surface area contributed by atoms with Gasteiger partial charge >= 0.3 is 6.09 Å². The van der Waals surface area contributed by atoms with Gasteiger partial charge in [0, 0.05) is 12.1 Å². The second-order valence-electron chi connectivity index (χ2n) is 6.46. The van der Waals surface area contributed by atoms with Crippen LogP contribution in [0, 0.1) is 13.7 Å². The number of nitro groups is 1. The molecule has 0 spiro atoms. The van der Waals surface area contributed by atoms with Gasteiger partial charge in [-0.2, -0.15) is 0 Å². The van der Waals surface area contributed by atoms with Crippen LogP contribution in [0.15, 0.2) is 42.5 Å². The maximum Gasteiger partial charge on any atom is 0.412 e. The summed E-state index contributed by atoms with van der Waals surface area (Å²) in [7, 11) is 0. The fourth-order valence-corrected chi connectivity index (χ4v) is 2.66. The summed E-state index contributed by atoms with van der Waals surface area (Å²) in [6, 6.07) is 12.3. The zero-order valence-electron chi connectivity index (χ0n) is 14.6. The molecule has 26 heavy (non-hydrogen) atoms. The second-order valence-corrected chi connectivity index (χ2v) is 7.62. The molecule has 2 aromatic rings. The molecule has 0 radical (unpaired) electrons. The molecule has 0 heterocycles. The number of hydrogen-bond acceptors (Lipinski definition) is 5. The molecule has 0 aliphatic rings. The molecule has 1 N–H and O–H groups in total. The van der Waals surface area contributed by atoms with E-state index in [0.717, 1.165) is 5.56 Å². The van der Waals surface area contributed by atoms with Crippen LogP contribution in [0.3, 0.4) is 0 Å². The van der Waals surface area contributed by atoms with E-state index in [1.54, 1.807) is 20.8 Å². The third-order valence-electron chi connectivity index (χ3n) is 3.12. The number of nitrogens with one attached hydrogen (secondary N) is 1. The highest BCUT2D eigenvalue weighted by Gasteiger charge is 2.23. The molecule has 0 fully saturated rings. The topological polar surface area (TPSA) is 90.7 Å². The third kappa shape index (κ3) is 5.87. The van der Waals surface area contributed by atoms with Gasteiger partial charge in [0.1, 0.15) is 23.6 Å². The van der Waals surface area contributed by atoms with Crippen LogP contribution in [0.4, 0.5) is 16.2 Å². The lowest BCUT2D eigenvalue weighted by molar-refractivity contribution is -0.384. The van der Waals surface area contributed by atoms with E-state index in [4.69, 9.17) is 9.47 Å². The number of carbonyl (C=O) groups excluding carboxylic acids is 1. The van der Waals surface area contributed by atoms with Crippen LogP contribution in [0.5, 0.6) is 5.75 Å². The Bertz CT molecular complexity index is 803. The summed E-state index contributed by atoms with van der Waals surface area (Å²) < 4.78 is 11.5. The monoisotopic (exact) mass is 470 g/mol.